The summed E-state index contributed by atoms with van der Waals surface area (Å²) in [6.07, 6.45) is 1.87. The third-order valence-electron chi connectivity index (χ3n) is 5.53. The van der Waals surface area contributed by atoms with Crippen molar-refractivity contribution in [1.29, 1.82) is 0 Å². The van der Waals surface area contributed by atoms with Gasteiger partial charge in [-0.05, 0) is 35.4 Å². The highest BCUT2D eigenvalue weighted by Crippen LogP contribution is 2.42. The third-order valence-corrected chi connectivity index (χ3v) is 5.53. The Morgan fingerprint density at radius 2 is 1.28 bits per heavy atom. The molecule has 0 atom stereocenters. The largest absolute Gasteiger partial charge is 0.436 e. The van der Waals surface area contributed by atoms with Crippen LogP contribution in [0.3, 0.4) is 0 Å². The van der Waals surface area contributed by atoms with Crippen molar-refractivity contribution >= 4 is 11.9 Å². The standard InChI is InChI=1S/C28H19N3O/c1-4-10-20(11-5-1)22-16-17-26-25(18-22)29-19-24-27(21-12-6-2-7-13-21)30-31(28(24)32-26)23-14-8-3-9-15-23/h1-19H. The Kier molecular flexibility index (Phi) is 4.40. The highest BCUT2D eigenvalue weighted by molar-refractivity contribution is 5.95. The molecular formula is C28H19N3O. The van der Waals surface area contributed by atoms with Crippen molar-refractivity contribution < 1.29 is 4.74 Å². The molecule has 0 bridgehead atoms. The first-order chi connectivity index (χ1) is 15.9. The molecule has 0 N–H and O–H groups in total. The summed E-state index contributed by atoms with van der Waals surface area (Å²) in [5.41, 5.74) is 6.69. The highest BCUT2D eigenvalue weighted by Gasteiger charge is 2.24. The minimum absolute atomic E-state index is 0.657. The maximum absolute atomic E-state index is 6.46. The van der Waals surface area contributed by atoms with Crippen LogP contribution in [0.25, 0.3) is 28.1 Å². The Labute approximate surface area is 186 Å². The van der Waals surface area contributed by atoms with Gasteiger partial charge in [0.2, 0.25) is 5.88 Å². The van der Waals surface area contributed by atoms with Crippen LogP contribution in [-0.4, -0.2) is 16.0 Å². The second-order valence-corrected chi connectivity index (χ2v) is 7.59. The number of nitrogens with zero attached hydrogens (tertiary/aromatic N) is 3. The number of para-hydroxylation sites is 1. The molecule has 152 valence electrons. The average Bonchev–Trinajstić information content (AvgIpc) is 3.12. The second kappa shape index (κ2) is 7.67. The van der Waals surface area contributed by atoms with E-state index in [0.29, 0.717) is 11.6 Å². The van der Waals surface area contributed by atoms with Crippen LogP contribution in [-0.2, 0) is 0 Å². The summed E-state index contributed by atoms with van der Waals surface area (Å²) in [4.78, 5) is 4.80. The predicted molar refractivity (Wildman–Crippen MR) is 128 cm³/mol. The van der Waals surface area contributed by atoms with E-state index in [-0.39, 0.29) is 0 Å². The smallest absolute Gasteiger partial charge is 0.232 e. The molecule has 6 rings (SSSR count). The normalized spacial score (nSPS) is 11.9. The SMILES string of the molecule is C1=Nc2cc(-c3ccccc3)ccc2Oc2c1c(-c1ccccc1)nn2-c1ccccc1. The second-order valence-electron chi connectivity index (χ2n) is 7.59. The number of fused-ring (bicyclic) bond motifs is 2. The van der Waals surface area contributed by atoms with Crippen molar-refractivity contribution in [3.05, 3.63) is 115 Å². The first-order valence-electron chi connectivity index (χ1n) is 10.5. The summed E-state index contributed by atoms with van der Waals surface area (Å²) < 4.78 is 8.31. The van der Waals surface area contributed by atoms with Crippen LogP contribution in [0, 0.1) is 0 Å². The molecule has 0 saturated carbocycles. The van der Waals surface area contributed by atoms with Gasteiger partial charge in [0.1, 0.15) is 11.4 Å². The maximum Gasteiger partial charge on any atom is 0.232 e. The minimum Gasteiger partial charge on any atom is -0.436 e. The van der Waals surface area contributed by atoms with Crippen molar-refractivity contribution in [2.45, 2.75) is 0 Å². The first-order valence-corrected chi connectivity index (χ1v) is 10.5. The summed E-state index contributed by atoms with van der Waals surface area (Å²) in [5.74, 6) is 1.36. The van der Waals surface area contributed by atoms with Crippen molar-refractivity contribution in [2.75, 3.05) is 0 Å². The van der Waals surface area contributed by atoms with Crippen LogP contribution < -0.4 is 4.74 Å². The predicted octanol–water partition coefficient (Wildman–Crippen LogP) is 7.06. The highest BCUT2D eigenvalue weighted by atomic mass is 16.5. The van der Waals surface area contributed by atoms with Crippen molar-refractivity contribution in [2.24, 2.45) is 4.99 Å². The quantitative estimate of drug-likeness (QED) is 0.311. The van der Waals surface area contributed by atoms with Gasteiger partial charge in [0, 0.05) is 11.8 Å². The number of aromatic nitrogens is 2. The van der Waals surface area contributed by atoms with Gasteiger partial charge in [-0.2, -0.15) is 9.78 Å². The van der Waals surface area contributed by atoms with Crippen molar-refractivity contribution in [3.8, 4) is 39.7 Å². The number of hydrogen-bond acceptors (Lipinski definition) is 3. The van der Waals surface area contributed by atoms with Gasteiger partial charge in [0.05, 0.1) is 11.3 Å². The monoisotopic (exact) mass is 413 g/mol. The van der Waals surface area contributed by atoms with E-state index in [1.165, 1.54) is 0 Å². The fraction of sp³-hybridized carbons (Fsp3) is 0. The van der Waals surface area contributed by atoms with Gasteiger partial charge in [-0.3, -0.25) is 4.99 Å². The number of rotatable bonds is 3. The zero-order valence-electron chi connectivity index (χ0n) is 17.2. The molecule has 0 saturated heterocycles. The molecule has 4 aromatic carbocycles. The van der Waals surface area contributed by atoms with E-state index in [4.69, 9.17) is 14.8 Å². The molecule has 1 aliphatic heterocycles. The van der Waals surface area contributed by atoms with Gasteiger partial charge in [-0.25, -0.2) is 0 Å². The lowest BCUT2D eigenvalue weighted by Crippen LogP contribution is -2.00. The van der Waals surface area contributed by atoms with E-state index in [9.17, 15) is 0 Å². The zero-order valence-corrected chi connectivity index (χ0v) is 17.2. The summed E-state index contributed by atoms with van der Waals surface area (Å²) in [6, 6.07) is 36.6. The Bertz CT molecular complexity index is 1420. The first kappa shape index (κ1) is 18.3. The molecular weight excluding hydrogens is 394 g/mol. The molecule has 4 nitrogen and oxygen atoms in total. The molecule has 4 heteroatoms. The Morgan fingerprint density at radius 1 is 0.625 bits per heavy atom. The van der Waals surface area contributed by atoms with E-state index < -0.39 is 0 Å². The molecule has 0 spiro atoms. The molecule has 0 amide bonds. The van der Waals surface area contributed by atoms with Gasteiger partial charge in [0.25, 0.3) is 0 Å². The molecule has 1 aliphatic rings. The van der Waals surface area contributed by atoms with E-state index in [0.717, 1.165) is 39.3 Å². The Morgan fingerprint density at radius 3 is 2.00 bits per heavy atom. The van der Waals surface area contributed by atoms with Crippen LogP contribution in [0.5, 0.6) is 11.6 Å². The topological polar surface area (TPSA) is 39.4 Å². The lowest BCUT2D eigenvalue weighted by Gasteiger charge is -2.11. The molecule has 32 heavy (non-hydrogen) atoms. The molecule has 2 heterocycles. The van der Waals surface area contributed by atoms with E-state index >= 15 is 0 Å². The summed E-state index contributed by atoms with van der Waals surface area (Å²) in [6.45, 7) is 0. The summed E-state index contributed by atoms with van der Waals surface area (Å²) >= 11 is 0. The van der Waals surface area contributed by atoms with Crippen LogP contribution in [0.4, 0.5) is 5.69 Å². The number of benzene rings is 4. The van der Waals surface area contributed by atoms with Gasteiger partial charge in [0.15, 0.2) is 5.75 Å². The Hall–Kier alpha value is -4.44. The van der Waals surface area contributed by atoms with Gasteiger partial charge >= 0.3 is 0 Å². The fourth-order valence-corrected chi connectivity index (χ4v) is 3.94. The molecule has 5 aromatic rings. The van der Waals surface area contributed by atoms with Crippen molar-refractivity contribution in [1.82, 2.24) is 9.78 Å². The van der Waals surface area contributed by atoms with Gasteiger partial charge < -0.3 is 4.74 Å². The number of hydrogen-bond donors (Lipinski definition) is 0. The van der Waals surface area contributed by atoms with Crippen LogP contribution in [0.2, 0.25) is 0 Å². The summed E-state index contributed by atoms with van der Waals surface area (Å²) in [7, 11) is 0. The molecule has 0 aliphatic carbocycles. The van der Waals surface area contributed by atoms with Crippen LogP contribution in [0.15, 0.2) is 114 Å². The van der Waals surface area contributed by atoms with E-state index in [1.54, 1.807) is 0 Å². The lowest BCUT2D eigenvalue weighted by atomic mass is 10.1. The minimum atomic E-state index is 0.657. The van der Waals surface area contributed by atoms with Crippen LogP contribution >= 0.6 is 0 Å². The molecule has 0 fully saturated rings. The van der Waals surface area contributed by atoms with Gasteiger partial charge in [-0.1, -0.05) is 84.9 Å². The maximum atomic E-state index is 6.46. The zero-order chi connectivity index (χ0) is 21.3. The van der Waals surface area contributed by atoms with Crippen molar-refractivity contribution in [3.63, 3.8) is 0 Å². The third kappa shape index (κ3) is 3.19. The number of ether oxygens (including phenoxy) is 1. The molecule has 1 aromatic heterocycles. The van der Waals surface area contributed by atoms with E-state index in [2.05, 4.69) is 36.4 Å². The number of aliphatic imine (C=N–C) groups is 1. The summed E-state index contributed by atoms with van der Waals surface area (Å²) in [5, 5.41) is 4.91. The molecule has 0 radical (unpaired) electrons. The average molecular weight is 413 g/mol. The van der Waals surface area contributed by atoms with Crippen LogP contribution in [0.1, 0.15) is 5.56 Å². The van der Waals surface area contributed by atoms with Gasteiger partial charge in [-0.15, -0.1) is 0 Å². The molecule has 0 unspecified atom stereocenters. The van der Waals surface area contributed by atoms with E-state index in [1.807, 2.05) is 83.7 Å². The fourth-order valence-electron chi connectivity index (χ4n) is 3.94. The lowest BCUT2D eigenvalue weighted by molar-refractivity contribution is 0.446. The Balaban J connectivity index is 1.52.